The Morgan fingerprint density at radius 3 is 2.60 bits per heavy atom. The van der Waals surface area contributed by atoms with Gasteiger partial charge in [0.15, 0.2) is 17.4 Å². The molecule has 0 spiro atoms. The number of nitrogens with two attached hydrogens (primary N) is 1. The van der Waals surface area contributed by atoms with Crippen LogP contribution in [0.4, 0.5) is 11.4 Å². The lowest BCUT2D eigenvalue weighted by Gasteiger charge is -2.18. The van der Waals surface area contributed by atoms with Crippen LogP contribution in [0, 0.1) is 0 Å². The van der Waals surface area contributed by atoms with E-state index in [4.69, 9.17) is 10.2 Å². The van der Waals surface area contributed by atoms with Crippen LogP contribution in [0.3, 0.4) is 0 Å². The first-order valence-corrected chi connectivity index (χ1v) is 10.4. The van der Waals surface area contributed by atoms with Gasteiger partial charge in [-0.15, -0.1) is 8.80 Å². The molecule has 1 aliphatic rings. The van der Waals surface area contributed by atoms with Crippen LogP contribution >= 0.6 is 0 Å². The van der Waals surface area contributed by atoms with Gasteiger partial charge in [-0.1, -0.05) is 13.0 Å². The molecular formula is C18H22N6O5S. The lowest BCUT2D eigenvalue weighted by Crippen LogP contribution is -2.36. The summed E-state index contributed by atoms with van der Waals surface area (Å²) in [6, 6.07) is 5.69. The van der Waals surface area contributed by atoms with Crippen LogP contribution in [0.1, 0.15) is 35.5 Å². The number of hydrogen-bond donors (Lipinski definition) is 4. The average Bonchev–Trinajstić information content (AvgIpc) is 3.23. The summed E-state index contributed by atoms with van der Waals surface area (Å²) in [5, 5.41) is 16.2. The molecule has 1 aliphatic heterocycles. The normalized spacial score (nSPS) is 15.8. The van der Waals surface area contributed by atoms with Crippen molar-refractivity contribution in [1.82, 2.24) is 10.2 Å². The smallest absolute Gasteiger partial charge is 0.367 e. The fourth-order valence-electron chi connectivity index (χ4n) is 2.79. The molecule has 0 fully saturated rings. The Morgan fingerprint density at radius 1 is 1.30 bits per heavy atom. The van der Waals surface area contributed by atoms with Gasteiger partial charge < -0.3 is 30.8 Å². The number of nitrogen functional groups attached to an aromatic ring is 1. The molecule has 1 atom stereocenters. The zero-order valence-corrected chi connectivity index (χ0v) is 17.4. The second kappa shape index (κ2) is 8.06. The molecule has 0 bridgehead atoms. The first-order chi connectivity index (χ1) is 14.1. The highest BCUT2D eigenvalue weighted by molar-refractivity contribution is 7.89. The molecule has 30 heavy (non-hydrogen) atoms. The van der Waals surface area contributed by atoms with Crippen molar-refractivity contribution in [3.8, 4) is 5.75 Å². The SMILES string of the molecule is CC[C@@H](NC1=NS(=O)(=O)N=C1Nc1cccc(C(=O)N(C)C)c1O)c1cc(N)co1. The minimum Gasteiger partial charge on any atom is -0.505 e. The predicted octanol–water partition coefficient (Wildman–Crippen LogP) is 1.48. The van der Waals surface area contributed by atoms with E-state index in [9.17, 15) is 18.3 Å². The molecule has 5 N–H and O–H groups in total. The number of phenols is 1. The number of nitrogens with one attached hydrogen (secondary N) is 2. The summed E-state index contributed by atoms with van der Waals surface area (Å²) in [5.74, 6) is -0.430. The minimum absolute atomic E-state index is 0.0513. The van der Waals surface area contributed by atoms with Crippen LogP contribution in [-0.2, 0) is 10.2 Å². The van der Waals surface area contributed by atoms with Crippen molar-refractivity contribution in [2.75, 3.05) is 25.1 Å². The monoisotopic (exact) mass is 434 g/mol. The van der Waals surface area contributed by atoms with Gasteiger partial charge in [-0.25, -0.2) is 0 Å². The Morgan fingerprint density at radius 2 is 2.00 bits per heavy atom. The standard InChI is InChI=1S/C18H22N6O5S/c1-4-12(14-8-10(19)9-29-14)20-16-17(23-30(27,28)22-16)21-13-7-5-6-11(15(13)25)18(26)24(2)3/h5-9,12,25H,4,19H2,1-3H3,(H,20,22)(H,21,23)/t12-/m1/s1. The van der Waals surface area contributed by atoms with E-state index in [0.29, 0.717) is 17.9 Å². The number of aromatic hydroxyl groups is 1. The van der Waals surface area contributed by atoms with E-state index in [2.05, 4.69) is 19.4 Å². The molecule has 1 amide bonds. The van der Waals surface area contributed by atoms with Crippen molar-refractivity contribution in [3.05, 3.63) is 41.9 Å². The summed E-state index contributed by atoms with van der Waals surface area (Å²) >= 11 is 0. The Balaban J connectivity index is 1.89. The molecule has 12 heteroatoms. The lowest BCUT2D eigenvalue weighted by molar-refractivity contribution is 0.0824. The number of para-hydroxylation sites is 1. The molecule has 3 rings (SSSR count). The predicted molar refractivity (Wildman–Crippen MR) is 113 cm³/mol. The van der Waals surface area contributed by atoms with E-state index >= 15 is 0 Å². The van der Waals surface area contributed by atoms with Crippen LogP contribution in [0.2, 0.25) is 0 Å². The molecule has 0 radical (unpaired) electrons. The van der Waals surface area contributed by atoms with Gasteiger partial charge in [-0.2, -0.15) is 8.42 Å². The second-order valence-corrected chi connectivity index (χ2v) is 8.00. The molecule has 0 aliphatic carbocycles. The van der Waals surface area contributed by atoms with Crippen molar-refractivity contribution < 1.29 is 22.7 Å². The largest absolute Gasteiger partial charge is 0.505 e. The maximum atomic E-state index is 12.2. The van der Waals surface area contributed by atoms with Crippen molar-refractivity contribution in [1.29, 1.82) is 0 Å². The quantitative estimate of drug-likeness (QED) is 0.514. The van der Waals surface area contributed by atoms with Gasteiger partial charge in [0.05, 0.1) is 23.0 Å². The Kier molecular flexibility index (Phi) is 5.69. The number of anilines is 2. The Labute approximate surface area is 173 Å². The topological polar surface area (TPSA) is 163 Å². The second-order valence-electron chi connectivity index (χ2n) is 6.74. The number of nitrogens with zero attached hydrogens (tertiary/aromatic N) is 3. The zero-order valence-electron chi connectivity index (χ0n) is 16.6. The van der Waals surface area contributed by atoms with Gasteiger partial charge in [0.1, 0.15) is 12.0 Å². The third-order valence-electron chi connectivity index (χ3n) is 4.27. The first kappa shape index (κ1) is 21.2. The van der Waals surface area contributed by atoms with Gasteiger partial charge in [0.2, 0.25) is 0 Å². The first-order valence-electron chi connectivity index (χ1n) is 8.97. The number of phenolic OH excluding ortho intramolecular Hbond substituents is 1. The molecule has 2 heterocycles. The lowest BCUT2D eigenvalue weighted by atomic mass is 10.1. The number of carbonyl (C=O) groups excluding carboxylic acids is 1. The van der Waals surface area contributed by atoms with Crippen molar-refractivity contribution in [3.63, 3.8) is 0 Å². The third kappa shape index (κ3) is 4.38. The minimum atomic E-state index is -4.11. The summed E-state index contributed by atoms with van der Waals surface area (Å²) in [4.78, 5) is 13.5. The van der Waals surface area contributed by atoms with E-state index in [1.807, 2.05) is 6.92 Å². The third-order valence-corrected chi connectivity index (χ3v) is 5.09. The summed E-state index contributed by atoms with van der Waals surface area (Å²) in [5.41, 5.74) is 6.27. The number of rotatable bonds is 5. The van der Waals surface area contributed by atoms with Crippen LogP contribution in [0.5, 0.6) is 5.75 Å². The van der Waals surface area contributed by atoms with E-state index in [-0.39, 0.29) is 28.7 Å². The van der Waals surface area contributed by atoms with E-state index in [1.54, 1.807) is 26.2 Å². The van der Waals surface area contributed by atoms with Gasteiger partial charge >= 0.3 is 10.2 Å². The molecule has 0 saturated heterocycles. The number of hydrogen-bond acceptors (Lipinski definition) is 8. The van der Waals surface area contributed by atoms with Gasteiger partial charge in [0.25, 0.3) is 5.91 Å². The van der Waals surface area contributed by atoms with Crippen molar-refractivity contribution >= 4 is 39.2 Å². The molecule has 0 unspecified atom stereocenters. The van der Waals surface area contributed by atoms with E-state index < -0.39 is 22.2 Å². The van der Waals surface area contributed by atoms with E-state index in [1.165, 1.54) is 23.3 Å². The number of benzene rings is 1. The summed E-state index contributed by atoms with van der Waals surface area (Å²) < 4.78 is 36.5. The Bertz CT molecular complexity index is 1140. The van der Waals surface area contributed by atoms with Crippen LogP contribution < -0.4 is 16.4 Å². The molecule has 11 nitrogen and oxygen atoms in total. The van der Waals surface area contributed by atoms with Gasteiger partial charge in [-0.3, -0.25) is 4.79 Å². The summed E-state index contributed by atoms with van der Waals surface area (Å²) in [7, 11) is -1.01. The van der Waals surface area contributed by atoms with Crippen LogP contribution in [0.25, 0.3) is 0 Å². The number of amidine groups is 2. The fourth-order valence-corrected chi connectivity index (χ4v) is 3.56. The molecule has 1 aromatic carbocycles. The number of furan rings is 1. The average molecular weight is 434 g/mol. The van der Waals surface area contributed by atoms with Crippen LogP contribution in [0.15, 0.2) is 43.7 Å². The molecule has 160 valence electrons. The highest BCUT2D eigenvalue weighted by atomic mass is 32.2. The number of amides is 1. The van der Waals surface area contributed by atoms with Crippen molar-refractivity contribution in [2.45, 2.75) is 19.4 Å². The zero-order chi connectivity index (χ0) is 22.1. The molecule has 1 aromatic heterocycles. The van der Waals surface area contributed by atoms with Crippen LogP contribution in [-0.4, -0.2) is 50.1 Å². The fraction of sp³-hybridized carbons (Fsp3) is 0.278. The number of carbonyl (C=O) groups is 1. The molecule has 0 saturated carbocycles. The summed E-state index contributed by atoms with van der Waals surface area (Å²) in [6.45, 7) is 1.87. The highest BCUT2D eigenvalue weighted by Crippen LogP contribution is 2.29. The summed E-state index contributed by atoms with van der Waals surface area (Å²) in [6.07, 6.45) is 1.92. The maximum absolute atomic E-state index is 12.2. The van der Waals surface area contributed by atoms with Gasteiger partial charge in [-0.05, 0) is 18.6 Å². The molecule has 2 aromatic rings. The van der Waals surface area contributed by atoms with Crippen molar-refractivity contribution in [2.24, 2.45) is 8.80 Å². The maximum Gasteiger partial charge on any atom is 0.367 e. The Hall–Kier alpha value is -3.54. The highest BCUT2D eigenvalue weighted by Gasteiger charge is 2.28. The van der Waals surface area contributed by atoms with E-state index in [0.717, 1.165) is 0 Å². The molecular weight excluding hydrogens is 412 g/mol. The van der Waals surface area contributed by atoms with Gasteiger partial charge in [0, 0.05) is 20.2 Å².